The molecule has 0 amide bonds. The summed E-state index contributed by atoms with van der Waals surface area (Å²) in [6, 6.07) is 0. The first kappa shape index (κ1) is 9.58. The first-order valence-electron chi connectivity index (χ1n) is 4.65. The molecular weight excluding hydrogens is 200 g/mol. The molecule has 0 radical (unpaired) electrons. The van der Waals surface area contributed by atoms with E-state index in [2.05, 4.69) is 9.89 Å². The Bertz CT molecular complexity index is 312. The van der Waals surface area contributed by atoms with Gasteiger partial charge in [0.2, 0.25) is 0 Å². The van der Waals surface area contributed by atoms with Crippen molar-refractivity contribution in [2.75, 3.05) is 19.7 Å². The molecule has 0 fully saturated rings. The fourth-order valence-corrected chi connectivity index (χ4v) is 2.43. The molecule has 2 heterocycles. The molecule has 0 bridgehead atoms. The van der Waals surface area contributed by atoms with Gasteiger partial charge in [-0.2, -0.15) is 0 Å². The number of hydrogen-bond acceptors (Lipinski definition) is 5. The van der Waals surface area contributed by atoms with Gasteiger partial charge >= 0.3 is 5.97 Å². The van der Waals surface area contributed by atoms with Crippen LogP contribution >= 0.6 is 11.8 Å². The third-order valence-electron chi connectivity index (χ3n) is 1.98. The molecule has 4 nitrogen and oxygen atoms in total. The summed E-state index contributed by atoms with van der Waals surface area (Å²) in [5.74, 6) is -0.159. The van der Waals surface area contributed by atoms with Crippen molar-refractivity contribution in [3.63, 3.8) is 0 Å². The first-order valence-corrected chi connectivity index (χ1v) is 5.46. The number of rotatable bonds is 3. The lowest BCUT2D eigenvalue weighted by Gasteiger charge is -2.04. The molecule has 2 aliphatic heterocycles. The first-order chi connectivity index (χ1) is 6.79. The number of carbonyl (C=O) groups excluding carboxylic acids is 1. The maximum Gasteiger partial charge on any atom is 0.310 e. The lowest BCUT2D eigenvalue weighted by atomic mass is 10.4. The summed E-state index contributed by atoms with van der Waals surface area (Å²) in [5, 5.41) is 1.02. The van der Waals surface area contributed by atoms with Crippen molar-refractivity contribution in [2.24, 2.45) is 4.99 Å². The minimum Gasteiger partial charge on any atom is -0.466 e. The molecule has 0 atom stereocenters. The molecule has 0 saturated carbocycles. The smallest absolute Gasteiger partial charge is 0.310 e. The molecule has 2 rings (SSSR count). The van der Waals surface area contributed by atoms with E-state index in [-0.39, 0.29) is 5.97 Å². The van der Waals surface area contributed by atoms with Gasteiger partial charge in [0.15, 0.2) is 5.17 Å². The van der Waals surface area contributed by atoms with Gasteiger partial charge in [-0.3, -0.25) is 9.79 Å². The zero-order valence-corrected chi connectivity index (χ0v) is 8.84. The topological polar surface area (TPSA) is 41.9 Å². The van der Waals surface area contributed by atoms with Crippen molar-refractivity contribution in [1.29, 1.82) is 0 Å². The summed E-state index contributed by atoms with van der Waals surface area (Å²) in [5.41, 5.74) is 0. The molecule has 0 unspecified atom stereocenters. The van der Waals surface area contributed by atoms with E-state index in [1.807, 2.05) is 13.1 Å². The summed E-state index contributed by atoms with van der Waals surface area (Å²) in [4.78, 5) is 18.6. The van der Waals surface area contributed by atoms with Gasteiger partial charge in [-0.1, -0.05) is 11.8 Å². The minimum atomic E-state index is -0.159. The number of ether oxygens (including phenoxy) is 1. The molecule has 76 valence electrons. The molecule has 14 heavy (non-hydrogen) atoms. The van der Waals surface area contributed by atoms with Crippen LogP contribution in [0.5, 0.6) is 0 Å². The van der Waals surface area contributed by atoms with Gasteiger partial charge in [0, 0.05) is 17.6 Å². The Morgan fingerprint density at radius 1 is 1.79 bits per heavy atom. The number of hydrogen-bond donors (Lipinski definition) is 0. The van der Waals surface area contributed by atoms with Crippen LogP contribution in [0.1, 0.15) is 13.3 Å². The highest BCUT2D eigenvalue weighted by molar-refractivity contribution is 8.17. The van der Waals surface area contributed by atoms with E-state index in [1.54, 1.807) is 11.8 Å². The van der Waals surface area contributed by atoms with Crippen LogP contribution in [0.3, 0.4) is 0 Å². The summed E-state index contributed by atoms with van der Waals surface area (Å²) in [7, 11) is 0. The Morgan fingerprint density at radius 3 is 3.36 bits per heavy atom. The van der Waals surface area contributed by atoms with Crippen LogP contribution < -0.4 is 0 Å². The number of nitrogens with zero attached hydrogens (tertiary/aromatic N) is 2. The maximum atomic E-state index is 11.2. The highest BCUT2D eigenvalue weighted by atomic mass is 32.2. The van der Waals surface area contributed by atoms with Crippen LogP contribution in [-0.4, -0.2) is 35.7 Å². The zero-order chi connectivity index (χ0) is 9.97. The summed E-state index contributed by atoms with van der Waals surface area (Å²) in [6.07, 6.45) is 2.36. The fourth-order valence-electron chi connectivity index (χ4n) is 1.40. The maximum absolute atomic E-state index is 11.2. The second kappa shape index (κ2) is 4.04. The molecule has 0 N–H and O–H groups in total. The second-order valence-electron chi connectivity index (χ2n) is 3.04. The molecule has 0 aliphatic carbocycles. The van der Waals surface area contributed by atoms with Gasteiger partial charge in [0.25, 0.3) is 0 Å². The fraction of sp³-hybridized carbons (Fsp3) is 0.556. The van der Waals surface area contributed by atoms with Crippen molar-refractivity contribution in [3.8, 4) is 0 Å². The van der Waals surface area contributed by atoms with E-state index in [0.29, 0.717) is 13.0 Å². The number of carbonyl (C=O) groups is 1. The molecule has 5 heteroatoms. The van der Waals surface area contributed by atoms with Crippen LogP contribution in [-0.2, 0) is 9.53 Å². The average molecular weight is 212 g/mol. The zero-order valence-electron chi connectivity index (χ0n) is 8.02. The lowest BCUT2D eigenvalue weighted by molar-refractivity contribution is -0.142. The van der Waals surface area contributed by atoms with Crippen LogP contribution in [0.2, 0.25) is 0 Å². The SMILES string of the molecule is CCOC(=O)CC1=CN2CCN=C2S1. The molecule has 0 aromatic carbocycles. The van der Waals surface area contributed by atoms with Crippen molar-refractivity contribution < 1.29 is 9.53 Å². The Labute approximate surface area is 87.0 Å². The molecule has 0 saturated heterocycles. The van der Waals surface area contributed by atoms with E-state index < -0.39 is 0 Å². The van der Waals surface area contributed by atoms with E-state index in [1.165, 1.54) is 0 Å². The van der Waals surface area contributed by atoms with Crippen LogP contribution in [0.25, 0.3) is 0 Å². The Balaban J connectivity index is 1.89. The van der Waals surface area contributed by atoms with Gasteiger partial charge in [-0.15, -0.1) is 0 Å². The molecule has 0 spiro atoms. The van der Waals surface area contributed by atoms with Gasteiger partial charge < -0.3 is 9.64 Å². The monoisotopic (exact) mass is 212 g/mol. The van der Waals surface area contributed by atoms with Crippen LogP contribution in [0.15, 0.2) is 16.1 Å². The quantitative estimate of drug-likeness (QED) is 0.659. The Morgan fingerprint density at radius 2 is 2.64 bits per heavy atom. The van der Waals surface area contributed by atoms with Crippen molar-refractivity contribution in [2.45, 2.75) is 13.3 Å². The second-order valence-corrected chi connectivity index (χ2v) is 4.13. The van der Waals surface area contributed by atoms with Gasteiger partial charge in [0.1, 0.15) is 0 Å². The predicted molar refractivity (Wildman–Crippen MR) is 55.9 cm³/mol. The number of esters is 1. The van der Waals surface area contributed by atoms with E-state index in [4.69, 9.17) is 4.74 Å². The number of thioether (sulfide) groups is 1. The van der Waals surface area contributed by atoms with E-state index >= 15 is 0 Å². The predicted octanol–water partition coefficient (Wildman–Crippen LogP) is 1.20. The van der Waals surface area contributed by atoms with Crippen molar-refractivity contribution in [3.05, 3.63) is 11.1 Å². The van der Waals surface area contributed by atoms with E-state index in [9.17, 15) is 4.79 Å². The highest BCUT2D eigenvalue weighted by Gasteiger charge is 2.25. The lowest BCUT2D eigenvalue weighted by Crippen LogP contribution is -2.14. The largest absolute Gasteiger partial charge is 0.466 e. The minimum absolute atomic E-state index is 0.159. The van der Waals surface area contributed by atoms with Crippen LogP contribution in [0.4, 0.5) is 0 Å². The van der Waals surface area contributed by atoms with Crippen LogP contribution in [0, 0.1) is 0 Å². The number of amidine groups is 1. The van der Waals surface area contributed by atoms with E-state index in [0.717, 1.165) is 23.2 Å². The standard InChI is InChI=1S/C9H12N2O2S/c1-2-13-8(12)5-7-6-11-4-3-10-9(11)14-7/h6H,2-5H2,1H3. The number of aliphatic imine (C=N–C) groups is 1. The summed E-state index contributed by atoms with van der Waals surface area (Å²) >= 11 is 1.57. The molecule has 2 aliphatic rings. The van der Waals surface area contributed by atoms with Crippen molar-refractivity contribution >= 4 is 22.9 Å². The van der Waals surface area contributed by atoms with Crippen molar-refractivity contribution in [1.82, 2.24) is 4.90 Å². The molecular formula is C9H12N2O2S. The Hall–Kier alpha value is -0.970. The third-order valence-corrected chi connectivity index (χ3v) is 3.04. The summed E-state index contributed by atoms with van der Waals surface area (Å²) < 4.78 is 4.87. The molecule has 0 aromatic heterocycles. The Kier molecular flexibility index (Phi) is 2.77. The molecule has 0 aromatic rings. The van der Waals surface area contributed by atoms with Gasteiger partial charge in [-0.05, 0) is 6.92 Å². The third kappa shape index (κ3) is 1.92. The van der Waals surface area contributed by atoms with Gasteiger partial charge in [0.05, 0.1) is 19.6 Å². The van der Waals surface area contributed by atoms with Gasteiger partial charge in [-0.25, -0.2) is 0 Å². The summed E-state index contributed by atoms with van der Waals surface area (Å²) in [6.45, 7) is 4.07. The average Bonchev–Trinajstić information content (AvgIpc) is 2.63. The highest BCUT2D eigenvalue weighted by Crippen LogP contribution is 2.32. The normalized spacial score (nSPS) is 19.1. The number of fused-ring (bicyclic) bond motifs is 1.